The van der Waals surface area contributed by atoms with Crippen LogP contribution in [0.25, 0.3) is 0 Å². The van der Waals surface area contributed by atoms with Gasteiger partial charge in [-0.1, -0.05) is 18.2 Å². The Kier molecular flexibility index (Phi) is 2.25. The van der Waals surface area contributed by atoms with Crippen molar-refractivity contribution in [2.45, 2.75) is 12.8 Å². The van der Waals surface area contributed by atoms with Crippen LogP contribution in [-0.2, 0) is 4.79 Å². The molecule has 1 aromatic carbocycles. The Balaban J connectivity index is 2.02. The Morgan fingerprint density at radius 3 is 2.50 bits per heavy atom. The maximum absolute atomic E-state index is 11.6. The third kappa shape index (κ3) is 1.63. The maximum Gasteiger partial charge on any atom is 0.318 e. The minimum Gasteiger partial charge on any atom is -0.426 e. The molecule has 1 aliphatic rings. The van der Waals surface area contributed by atoms with E-state index in [4.69, 9.17) is 10.5 Å². The first kappa shape index (κ1) is 9.21. The zero-order chi connectivity index (χ0) is 10.0. The molecule has 0 radical (unpaired) electrons. The van der Waals surface area contributed by atoms with Gasteiger partial charge in [-0.25, -0.2) is 0 Å². The largest absolute Gasteiger partial charge is 0.426 e. The molecule has 0 atom stereocenters. The molecular formula is C11H13NO2. The summed E-state index contributed by atoms with van der Waals surface area (Å²) >= 11 is 0. The van der Waals surface area contributed by atoms with Crippen LogP contribution in [0.5, 0.6) is 5.75 Å². The molecule has 0 saturated heterocycles. The van der Waals surface area contributed by atoms with Crippen LogP contribution in [-0.4, -0.2) is 12.5 Å². The van der Waals surface area contributed by atoms with E-state index >= 15 is 0 Å². The number of nitrogens with two attached hydrogens (primary N) is 1. The highest BCUT2D eigenvalue weighted by atomic mass is 16.5. The molecule has 74 valence electrons. The van der Waals surface area contributed by atoms with Crippen LogP contribution in [0.4, 0.5) is 0 Å². The van der Waals surface area contributed by atoms with E-state index in [0.717, 1.165) is 12.8 Å². The van der Waals surface area contributed by atoms with E-state index < -0.39 is 0 Å². The molecule has 14 heavy (non-hydrogen) atoms. The normalized spacial score (nSPS) is 17.5. The van der Waals surface area contributed by atoms with Gasteiger partial charge < -0.3 is 10.5 Å². The number of para-hydroxylation sites is 1. The van der Waals surface area contributed by atoms with Crippen LogP contribution in [0.15, 0.2) is 30.3 Å². The topological polar surface area (TPSA) is 52.3 Å². The van der Waals surface area contributed by atoms with E-state index in [-0.39, 0.29) is 11.4 Å². The number of rotatable bonds is 3. The number of hydrogen-bond donors (Lipinski definition) is 1. The molecule has 0 amide bonds. The highest BCUT2D eigenvalue weighted by Crippen LogP contribution is 2.45. The van der Waals surface area contributed by atoms with Crippen LogP contribution in [0.3, 0.4) is 0 Å². The lowest BCUT2D eigenvalue weighted by Crippen LogP contribution is -2.29. The summed E-state index contributed by atoms with van der Waals surface area (Å²) in [7, 11) is 0. The summed E-state index contributed by atoms with van der Waals surface area (Å²) in [6, 6.07) is 9.09. The van der Waals surface area contributed by atoms with Crippen LogP contribution >= 0.6 is 0 Å². The molecule has 1 aromatic rings. The quantitative estimate of drug-likeness (QED) is 0.579. The molecule has 1 saturated carbocycles. The van der Waals surface area contributed by atoms with Crippen molar-refractivity contribution in [1.82, 2.24) is 0 Å². The lowest BCUT2D eigenvalue weighted by Gasteiger charge is -2.10. The van der Waals surface area contributed by atoms with Crippen molar-refractivity contribution in [2.75, 3.05) is 6.54 Å². The first-order valence-electron chi connectivity index (χ1n) is 4.74. The van der Waals surface area contributed by atoms with Crippen molar-refractivity contribution >= 4 is 5.97 Å². The van der Waals surface area contributed by atoms with Crippen molar-refractivity contribution in [1.29, 1.82) is 0 Å². The van der Waals surface area contributed by atoms with Crippen molar-refractivity contribution in [3.63, 3.8) is 0 Å². The number of benzene rings is 1. The van der Waals surface area contributed by atoms with Gasteiger partial charge in [-0.3, -0.25) is 4.79 Å². The van der Waals surface area contributed by atoms with Gasteiger partial charge in [0.25, 0.3) is 0 Å². The minimum atomic E-state index is -0.379. The zero-order valence-corrected chi connectivity index (χ0v) is 7.90. The van der Waals surface area contributed by atoms with E-state index in [2.05, 4.69) is 0 Å². The van der Waals surface area contributed by atoms with Crippen LogP contribution in [0, 0.1) is 5.41 Å². The number of ether oxygens (including phenoxy) is 1. The molecule has 1 aliphatic carbocycles. The SMILES string of the molecule is NCC1(C(=O)Oc2ccccc2)CC1. The summed E-state index contributed by atoms with van der Waals surface area (Å²) in [5, 5.41) is 0. The maximum atomic E-state index is 11.6. The van der Waals surface area contributed by atoms with Gasteiger partial charge >= 0.3 is 5.97 Å². The van der Waals surface area contributed by atoms with Crippen molar-refractivity contribution in [3.05, 3.63) is 30.3 Å². The fourth-order valence-corrected chi connectivity index (χ4v) is 1.35. The first-order valence-corrected chi connectivity index (χ1v) is 4.74. The number of esters is 1. The first-order chi connectivity index (χ1) is 6.77. The van der Waals surface area contributed by atoms with E-state index in [1.165, 1.54) is 0 Å². The second kappa shape index (κ2) is 3.42. The van der Waals surface area contributed by atoms with Gasteiger partial charge in [-0.15, -0.1) is 0 Å². The molecule has 0 heterocycles. The van der Waals surface area contributed by atoms with Crippen molar-refractivity contribution in [3.8, 4) is 5.75 Å². The van der Waals surface area contributed by atoms with E-state index in [0.29, 0.717) is 12.3 Å². The van der Waals surface area contributed by atoms with Gasteiger partial charge in [0, 0.05) is 6.54 Å². The molecule has 3 heteroatoms. The van der Waals surface area contributed by atoms with Gasteiger partial charge in [0.2, 0.25) is 0 Å². The van der Waals surface area contributed by atoms with Crippen molar-refractivity contribution in [2.24, 2.45) is 11.1 Å². The monoisotopic (exact) mass is 191 g/mol. The molecule has 0 bridgehead atoms. The van der Waals surface area contributed by atoms with Gasteiger partial charge in [0.05, 0.1) is 5.41 Å². The van der Waals surface area contributed by atoms with Crippen molar-refractivity contribution < 1.29 is 9.53 Å². The van der Waals surface area contributed by atoms with Gasteiger partial charge in [-0.2, -0.15) is 0 Å². The van der Waals surface area contributed by atoms with Crippen LogP contribution in [0.2, 0.25) is 0 Å². The molecular weight excluding hydrogens is 178 g/mol. The average Bonchev–Trinajstić information content (AvgIpc) is 3.00. The summed E-state index contributed by atoms with van der Waals surface area (Å²) in [6.45, 7) is 0.388. The molecule has 2 N–H and O–H groups in total. The van der Waals surface area contributed by atoms with Gasteiger partial charge in [0.15, 0.2) is 0 Å². The highest BCUT2D eigenvalue weighted by Gasteiger charge is 2.50. The minimum absolute atomic E-state index is 0.189. The summed E-state index contributed by atoms with van der Waals surface area (Å²) in [5.74, 6) is 0.406. The number of hydrogen-bond acceptors (Lipinski definition) is 3. The average molecular weight is 191 g/mol. The second-order valence-electron chi connectivity index (χ2n) is 3.69. The smallest absolute Gasteiger partial charge is 0.318 e. The third-order valence-corrected chi connectivity index (χ3v) is 2.63. The lowest BCUT2D eigenvalue weighted by atomic mass is 10.1. The van der Waals surface area contributed by atoms with Crippen LogP contribution in [0.1, 0.15) is 12.8 Å². The fourth-order valence-electron chi connectivity index (χ4n) is 1.35. The van der Waals surface area contributed by atoms with E-state index in [1.54, 1.807) is 12.1 Å². The predicted molar refractivity (Wildman–Crippen MR) is 52.8 cm³/mol. The molecule has 0 aliphatic heterocycles. The third-order valence-electron chi connectivity index (χ3n) is 2.63. The fraction of sp³-hybridized carbons (Fsp3) is 0.364. The summed E-state index contributed by atoms with van der Waals surface area (Å²) in [5.41, 5.74) is 5.14. The number of carbonyl (C=O) groups is 1. The Hall–Kier alpha value is -1.35. The lowest BCUT2D eigenvalue weighted by molar-refractivity contribution is -0.140. The molecule has 3 nitrogen and oxygen atoms in total. The Labute approximate surface area is 82.9 Å². The predicted octanol–water partition coefficient (Wildman–Crippen LogP) is 1.33. The number of carbonyl (C=O) groups excluding carboxylic acids is 1. The molecule has 1 fully saturated rings. The van der Waals surface area contributed by atoms with Crippen LogP contribution < -0.4 is 10.5 Å². The Morgan fingerprint density at radius 2 is 2.00 bits per heavy atom. The van der Waals surface area contributed by atoms with E-state index in [9.17, 15) is 4.79 Å². The van der Waals surface area contributed by atoms with Gasteiger partial charge in [-0.05, 0) is 25.0 Å². The summed E-state index contributed by atoms with van der Waals surface area (Å²) < 4.78 is 5.21. The molecule has 0 spiro atoms. The van der Waals surface area contributed by atoms with E-state index in [1.807, 2.05) is 18.2 Å². The molecule has 0 unspecified atom stereocenters. The van der Waals surface area contributed by atoms with Gasteiger partial charge in [0.1, 0.15) is 5.75 Å². The Morgan fingerprint density at radius 1 is 1.36 bits per heavy atom. The zero-order valence-electron chi connectivity index (χ0n) is 7.90. The second-order valence-corrected chi connectivity index (χ2v) is 3.69. The highest BCUT2D eigenvalue weighted by molar-refractivity contribution is 5.82. The molecule has 2 rings (SSSR count). The standard InChI is InChI=1S/C11H13NO2/c12-8-11(6-7-11)10(13)14-9-4-2-1-3-5-9/h1-5H,6-8,12H2. The summed E-state index contributed by atoms with van der Waals surface area (Å²) in [6.07, 6.45) is 1.71. The Bertz CT molecular complexity index is 330. The summed E-state index contributed by atoms with van der Waals surface area (Å²) in [4.78, 5) is 11.6. The molecule has 0 aromatic heterocycles.